The van der Waals surface area contributed by atoms with E-state index in [1.165, 1.54) is 6.21 Å². The van der Waals surface area contributed by atoms with E-state index in [9.17, 15) is 9.59 Å². The van der Waals surface area contributed by atoms with Crippen molar-refractivity contribution in [1.29, 1.82) is 0 Å². The fraction of sp³-hybridized carbons (Fsp3) is 0.118. The molecule has 0 aliphatic rings. The Morgan fingerprint density at radius 3 is 2.62 bits per heavy atom. The molecule has 5 nitrogen and oxygen atoms in total. The summed E-state index contributed by atoms with van der Waals surface area (Å²) in [6.45, 7) is 2.06. The first-order chi connectivity index (χ1) is 11.5. The van der Waals surface area contributed by atoms with E-state index in [4.69, 9.17) is 23.2 Å². The Morgan fingerprint density at radius 1 is 1.12 bits per heavy atom. The number of hydrogen-bond acceptors (Lipinski definition) is 3. The first-order valence-corrected chi connectivity index (χ1v) is 7.83. The summed E-state index contributed by atoms with van der Waals surface area (Å²) in [6, 6.07) is 12.5. The van der Waals surface area contributed by atoms with Crippen molar-refractivity contribution in [2.75, 3.05) is 0 Å². The van der Waals surface area contributed by atoms with E-state index in [0.29, 0.717) is 15.6 Å². The van der Waals surface area contributed by atoms with Crippen molar-refractivity contribution in [3.05, 3.63) is 69.2 Å². The zero-order valence-electron chi connectivity index (χ0n) is 12.8. The topological polar surface area (TPSA) is 70.6 Å². The number of aryl methyl sites for hydroxylation is 1. The SMILES string of the molecule is Cc1cccc(C=NNC(=O)C(=O)NCc2ccc(Cl)cc2Cl)c1. The number of carbonyl (C=O) groups is 2. The van der Waals surface area contributed by atoms with E-state index in [2.05, 4.69) is 15.8 Å². The fourth-order valence-corrected chi connectivity index (χ4v) is 2.36. The van der Waals surface area contributed by atoms with E-state index in [-0.39, 0.29) is 6.54 Å². The maximum absolute atomic E-state index is 11.7. The molecule has 2 aromatic rings. The van der Waals surface area contributed by atoms with Crippen molar-refractivity contribution in [2.45, 2.75) is 13.5 Å². The number of amides is 2. The van der Waals surface area contributed by atoms with Gasteiger partial charge in [0.25, 0.3) is 0 Å². The van der Waals surface area contributed by atoms with Crippen LogP contribution in [0.25, 0.3) is 0 Å². The largest absolute Gasteiger partial charge is 0.344 e. The summed E-state index contributed by atoms with van der Waals surface area (Å²) in [7, 11) is 0. The van der Waals surface area contributed by atoms with Crippen molar-refractivity contribution in [1.82, 2.24) is 10.7 Å². The van der Waals surface area contributed by atoms with Gasteiger partial charge in [0.15, 0.2) is 0 Å². The van der Waals surface area contributed by atoms with Gasteiger partial charge in [-0.1, -0.05) is 59.1 Å². The van der Waals surface area contributed by atoms with Gasteiger partial charge in [-0.2, -0.15) is 5.10 Å². The molecule has 2 aromatic carbocycles. The smallest absolute Gasteiger partial charge is 0.329 e. The predicted octanol–water partition coefficient (Wildman–Crippen LogP) is 3.07. The molecule has 0 bridgehead atoms. The molecule has 0 saturated carbocycles. The molecule has 0 saturated heterocycles. The van der Waals surface area contributed by atoms with Crippen LogP contribution in [-0.2, 0) is 16.1 Å². The molecular weight excluding hydrogens is 349 g/mol. The molecule has 0 heterocycles. The van der Waals surface area contributed by atoms with Crippen molar-refractivity contribution in [3.63, 3.8) is 0 Å². The van der Waals surface area contributed by atoms with Gasteiger partial charge in [-0.3, -0.25) is 9.59 Å². The number of benzene rings is 2. The summed E-state index contributed by atoms with van der Waals surface area (Å²) in [5.74, 6) is -1.66. The maximum atomic E-state index is 11.7. The van der Waals surface area contributed by atoms with Gasteiger partial charge in [0.2, 0.25) is 0 Å². The summed E-state index contributed by atoms with van der Waals surface area (Å²) < 4.78 is 0. The number of carbonyl (C=O) groups excluding carboxylic acids is 2. The number of hydrazone groups is 1. The Kier molecular flexibility index (Phi) is 6.35. The molecule has 124 valence electrons. The lowest BCUT2D eigenvalue weighted by Gasteiger charge is -2.06. The molecule has 2 rings (SSSR count). The molecule has 24 heavy (non-hydrogen) atoms. The molecule has 0 unspecified atom stereocenters. The van der Waals surface area contributed by atoms with Gasteiger partial charge in [-0.05, 0) is 30.2 Å². The monoisotopic (exact) mass is 363 g/mol. The number of hydrogen-bond donors (Lipinski definition) is 2. The highest BCUT2D eigenvalue weighted by Crippen LogP contribution is 2.20. The van der Waals surface area contributed by atoms with Crippen LogP contribution in [0.1, 0.15) is 16.7 Å². The Balaban J connectivity index is 1.85. The standard InChI is InChI=1S/C17H15Cl2N3O2/c1-11-3-2-4-12(7-11)9-21-22-17(24)16(23)20-10-13-5-6-14(18)8-15(13)19/h2-9H,10H2,1H3,(H,20,23)(H,22,24). The van der Waals surface area contributed by atoms with Gasteiger partial charge in [0, 0.05) is 16.6 Å². The lowest BCUT2D eigenvalue weighted by molar-refractivity contribution is -0.139. The Labute approximate surface area is 149 Å². The molecule has 0 aliphatic carbocycles. The molecule has 0 atom stereocenters. The lowest BCUT2D eigenvalue weighted by Crippen LogP contribution is -2.37. The number of rotatable bonds is 4. The third-order valence-corrected chi connectivity index (χ3v) is 3.67. The number of halogens is 2. The average molecular weight is 364 g/mol. The van der Waals surface area contributed by atoms with E-state index in [1.807, 2.05) is 31.2 Å². The van der Waals surface area contributed by atoms with Gasteiger partial charge in [-0.15, -0.1) is 0 Å². The van der Waals surface area contributed by atoms with Gasteiger partial charge in [-0.25, -0.2) is 5.43 Å². The lowest BCUT2D eigenvalue weighted by atomic mass is 10.2. The van der Waals surface area contributed by atoms with E-state index < -0.39 is 11.8 Å². The van der Waals surface area contributed by atoms with Gasteiger partial charge in [0.1, 0.15) is 0 Å². The average Bonchev–Trinajstić information content (AvgIpc) is 2.53. The van der Waals surface area contributed by atoms with Crippen molar-refractivity contribution >= 4 is 41.2 Å². The zero-order chi connectivity index (χ0) is 17.5. The second-order valence-electron chi connectivity index (χ2n) is 5.03. The van der Waals surface area contributed by atoms with E-state index in [1.54, 1.807) is 18.2 Å². The van der Waals surface area contributed by atoms with Crippen LogP contribution in [0.4, 0.5) is 0 Å². The molecule has 0 aromatic heterocycles. The minimum Gasteiger partial charge on any atom is -0.344 e. The third-order valence-electron chi connectivity index (χ3n) is 3.08. The fourth-order valence-electron chi connectivity index (χ4n) is 1.89. The van der Waals surface area contributed by atoms with Crippen LogP contribution < -0.4 is 10.7 Å². The molecule has 0 spiro atoms. The second-order valence-corrected chi connectivity index (χ2v) is 5.88. The highest BCUT2D eigenvalue weighted by molar-refractivity contribution is 6.36. The highest BCUT2D eigenvalue weighted by Gasteiger charge is 2.12. The minimum atomic E-state index is -0.857. The second kappa shape index (κ2) is 8.47. The van der Waals surface area contributed by atoms with Crippen LogP contribution in [0.5, 0.6) is 0 Å². The molecule has 0 radical (unpaired) electrons. The highest BCUT2D eigenvalue weighted by atomic mass is 35.5. The molecule has 0 fully saturated rings. The molecule has 2 N–H and O–H groups in total. The maximum Gasteiger partial charge on any atom is 0.329 e. The molecular formula is C17H15Cl2N3O2. The van der Waals surface area contributed by atoms with E-state index in [0.717, 1.165) is 11.1 Å². The van der Waals surface area contributed by atoms with Crippen LogP contribution in [0.2, 0.25) is 10.0 Å². The Bertz CT molecular complexity index is 791. The summed E-state index contributed by atoms with van der Waals surface area (Å²) in [4.78, 5) is 23.4. The first-order valence-electron chi connectivity index (χ1n) is 7.07. The Morgan fingerprint density at radius 2 is 1.92 bits per heavy atom. The van der Waals surface area contributed by atoms with Crippen LogP contribution >= 0.6 is 23.2 Å². The van der Waals surface area contributed by atoms with Crippen LogP contribution in [0.3, 0.4) is 0 Å². The van der Waals surface area contributed by atoms with Crippen LogP contribution in [0, 0.1) is 6.92 Å². The van der Waals surface area contributed by atoms with Crippen molar-refractivity contribution < 1.29 is 9.59 Å². The van der Waals surface area contributed by atoms with Crippen LogP contribution in [0.15, 0.2) is 47.6 Å². The number of nitrogens with zero attached hydrogens (tertiary/aromatic N) is 1. The summed E-state index contributed by atoms with van der Waals surface area (Å²) in [5.41, 5.74) is 4.73. The third kappa shape index (κ3) is 5.37. The van der Waals surface area contributed by atoms with Gasteiger partial charge >= 0.3 is 11.8 Å². The van der Waals surface area contributed by atoms with Crippen molar-refractivity contribution in [3.8, 4) is 0 Å². The number of nitrogens with one attached hydrogen (secondary N) is 2. The zero-order valence-corrected chi connectivity index (χ0v) is 14.4. The van der Waals surface area contributed by atoms with Crippen molar-refractivity contribution in [2.24, 2.45) is 5.10 Å². The molecule has 2 amide bonds. The molecule has 0 aliphatic heterocycles. The van der Waals surface area contributed by atoms with Gasteiger partial charge < -0.3 is 5.32 Å². The minimum absolute atomic E-state index is 0.115. The van der Waals surface area contributed by atoms with E-state index >= 15 is 0 Å². The first kappa shape index (κ1) is 18.0. The normalized spacial score (nSPS) is 10.6. The summed E-state index contributed by atoms with van der Waals surface area (Å²) in [5, 5.41) is 7.14. The molecule has 7 heteroatoms. The summed E-state index contributed by atoms with van der Waals surface area (Å²) >= 11 is 11.8. The quantitative estimate of drug-likeness (QED) is 0.497. The van der Waals surface area contributed by atoms with Gasteiger partial charge in [0.05, 0.1) is 6.21 Å². The summed E-state index contributed by atoms with van der Waals surface area (Å²) in [6.07, 6.45) is 1.47. The van der Waals surface area contributed by atoms with Crippen LogP contribution in [-0.4, -0.2) is 18.0 Å². The Hall–Kier alpha value is -2.37. The predicted molar refractivity (Wildman–Crippen MR) is 95.2 cm³/mol.